The van der Waals surface area contributed by atoms with Crippen LogP contribution in [0.2, 0.25) is 0 Å². The van der Waals surface area contributed by atoms with Gasteiger partial charge in [0, 0.05) is 13.2 Å². The minimum atomic E-state index is -0.354. The van der Waals surface area contributed by atoms with E-state index < -0.39 is 0 Å². The van der Waals surface area contributed by atoms with E-state index in [1.165, 1.54) is 17.4 Å². The second kappa shape index (κ2) is 6.07. The number of nitrogens with one attached hydrogen (secondary N) is 1. The summed E-state index contributed by atoms with van der Waals surface area (Å²) in [6, 6.07) is 8.34. The van der Waals surface area contributed by atoms with E-state index in [0.717, 1.165) is 4.70 Å². The predicted molar refractivity (Wildman–Crippen MR) is 85.7 cm³/mol. The van der Waals surface area contributed by atoms with Crippen LogP contribution >= 0.6 is 11.3 Å². The molecule has 2 heterocycles. The lowest BCUT2D eigenvalue weighted by Gasteiger charge is -2.14. The smallest absolute Gasteiger partial charge is 0.244 e. The van der Waals surface area contributed by atoms with Crippen molar-refractivity contribution in [3.63, 3.8) is 0 Å². The molecule has 3 rings (SSSR count). The highest BCUT2D eigenvalue weighted by Gasteiger charge is 2.14. The van der Waals surface area contributed by atoms with Crippen LogP contribution in [0.5, 0.6) is 0 Å². The predicted octanol–water partition coefficient (Wildman–Crippen LogP) is 2.91. The van der Waals surface area contributed by atoms with E-state index >= 15 is 0 Å². The van der Waals surface area contributed by atoms with E-state index in [4.69, 9.17) is 0 Å². The van der Waals surface area contributed by atoms with Gasteiger partial charge in [-0.05, 0) is 24.3 Å². The molecular weight excluding hydrogens is 303 g/mol. The van der Waals surface area contributed by atoms with Crippen LogP contribution in [0, 0.1) is 5.82 Å². The van der Waals surface area contributed by atoms with Crippen molar-refractivity contribution in [2.24, 2.45) is 0 Å². The molecule has 0 spiro atoms. The molecule has 2 aromatic heterocycles. The van der Waals surface area contributed by atoms with E-state index in [-0.39, 0.29) is 18.3 Å². The van der Waals surface area contributed by atoms with Crippen LogP contribution in [0.15, 0.2) is 42.7 Å². The Morgan fingerprint density at radius 2 is 2.23 bits per heavy atom. The number of fused-ring (bicyclic) bond motifs is 1. The third-order valence-corrected chi connectivity index (χ3v) is 4.15. The molecule has 0 unspecified atom stereocenters. The van der Waals surface area contributed by atoms with Crippen LogP contribution in [0.4, 0.5) is 15.2 Å². The van der Waals surface area contributed by atoms with E-state index in [1.807, 2.05) is 6.07 Å². The standard InChI is InChI=1S/C15H13FN4OS/c1-20(9-13(21)18-10-4-3-7-17-8-10)15-19-14-11(16)5-2-6-12(14)22-15/h2-8H,9H2,1H3,(H,18,21). The number of thiazole rings is 1. The van der Waals surface area contributed by atoms with Gasteiger partial charge in [-0.1, -0.05) is 17.4 Å². The van der Waals surface area contributed by atoms with Crippen LogP contribution in [-0.4, -0.2) is 29.5 Å². The fourth-order valence-corrected chi connectivity index (χ4v) is 2.93. The monoisotopic (exact) mass is 316 g/mol. The SMILES string of the molecule is CN(CC(=O)Nc1cccnc1)c1nc2c(F)cccc2s1. The summed E-state index contributed by atoms with van der Waals surface area (Å²) in [5.74, 6) is -0.538. The Kier molecular flexibility index (Phi) is 3.97. The van der Waals surface area contributed by atoms with Gasteiger partial charge in [0.05, 0.1) is 23.1 Å². The van der Waals surface area contributed by atoms with Gasteiger partial charge in [0.25, 0.3) is 0 Å². The molecule has 0 aliphatic heterocycles. The topological polar surface area (TPSA) is 58.1 Å². The fraction of sp³-hybridized carbons (Fsp3) is 0.133. The number of hydrogen-bond acceptors (Lipinski definition) is 5. The van der Waals surface area contributed by atoms with E-state index in [0.29, 0.717) is 16.3 Å². The van der Waals surface area contributed by atoms with Crippen LogP contribution in [0.25, 0.3) is 10.2 Å². The molecule has 1 amide bonds. The molecule has 0 fully saturated rings. The van der Waals surface area contributed by atoms with Gasteiger partial charge in [0.2, 0.25) is 5.91 Å². The minimum Gasteiger partial charge on any atom is -0.342 e. The third kappa shape index (κ3) is 3.04. The third-order valence-electron chi connectivity index (χ3n) is 3.01. The van der Waals surface area contributed by atoms with Gasteiger partial charge in [-0.2, -0.15) is 0 Å². The molecule has 0 atom stereocenters. The number of benzene rings is 1. The summed E-state index contributed by atoms with van der Waals surface area (Å²) in [5, 5.41) is 3.35. The van der Waals surface area contributed by atoms with Crippen LogP contribution in [0.3, 0.4) is 0 Å². The number of carbonyl (C=O) groups excluding carboxylic acids is 1. The normalized spacial score (nSPS) is 10.6. The number of likely N-dealkylation sites (N-methyl/N-ethyl adjacent to an activating group) is 1. The van der Waals surface area contributed by atoms with Gasteiger partial charge >= 0.3 is 0 Å². The molecule has 0 bridgehead atoms. The lowest BCUT2D eigenvalue weighted by atomic mass is 10.3. The van der Waals surface area contributed by atoms with Crippen molar-refractivity contribution in [2.45, 2.75) is 0 Å². The minimum absolute atomic E-state index is 0.121. The Morgan fingerprint density at radius 3 is 2.95 bits per heavy atom. The number of hydrogen-bond donors (Lipinski definition) is 1. The van der Waals surface area contributed by atoms with Gasteiger partial charge in [-0.15, -0.1) is 0 Å². The van der Waals surface area contributed by atoms with E-state index in [1.54, 1.807) is 42.5 Å². The van der Waals surface area contributed by atoms with Crippen molar-refractivity contribution in [1.29, 1.82) is 0 Å². The number of aromatic nitrogens is 2. The van der Waals surface area contributed by atoms with Crippen molar-refractivity contribution in [2.75, 3.05) is 23.8 Å². The first-order chi connectivity index (χ1) is 10.6. The highest BCUT2D eigenvalue weighted by atomic mass is 32.1. The number of rotatable bonds is 4. The first kappa shape index (κ1) is 14.4. The molecule has 7 heteroatoms. The van der Waals surface area contributed by atoms with Gasteiger partial charge in [-0.3, -0.25) is 9.78 Å². The second-order valence-electron chi connectivity index (χ2n) is 4.73. The van der Waals surface area contributed by atoms with Crippen molar-refractivity contribution in [3.05, 3.63) is 48.5 Å². The molecule has 0 saturated heterocycles. The number of para-hydroxylation sites is 1. The molecule has 1 aromatic carbocycles. The summed E-state index contributed by atoms with van der Waals surface area (Å²) in [6.07, 6.45) is 3.21. The molecule has 0 saturated carbocycles. The van der Waals surface area contributed by atoms with E-state index in [9.17, 15) is 9.18 Å². The van der Waals surface area contributed by atoms with Gasteiger partial charge in [0.1, 0.15) is 11.3 Å². The van der Waals surface area contributed by atoms with Crippen LogP contribution < -0.4 is 10.2 Å². The average molecular weight is 316 g/mol. The summed E-state index contributed by atoms with van der Waals surface area (Å²) in [5.41, 5.74) is 0.971. The van der Waals surface area contributed by atoms with Gasteiger partial charge in [0.15, 0.2) is 5.13 Å². The lowest BCUT2D eigenvalue weighted by Crippen LogP contribution is -2.29. The van der Waals surface area contributed by atoms with E-state index in [2.05, 4.69) is 15.3 Å². The highest BCUT2D eigenvalue weighted by molar-refractivity contribution is 7.22. The van der Waals surface area contributed by atoms with Crippen molar-refractivity contribution in [1.82, 2.24) is 9.97 Å². The summed E-state index contributed by atoms with van der Waals surface area (Å²) in [4.78, 5) is 21.9. The summed E-state index contributed by atoms with van der Waals surface area (Å²) >= 11 is 1.35. The van der Waals surface area contributed by atoms with Gasteiger partial charge < -0.3 is 10.2 Å². The molecule has 5 nitrogen and oxygen atoms in total. The Hall–Kier alpha value is -2.54. The largest absolute Gasteiger partial charge is 0.342 e. The van der Waals surface area contributed by atoms with Crippen molar-refractivity contribution < 1.29 is 9.18 Å². The number of halogens is 1. The van der Waals surface area contributed by atoms with Crippen molar-refractivity contribution >= 4 is 38.3 Å². The number of pyridine rings is 1. The van der Waals surface area contributed by atoms with Crippen LogP contribution in [-0.2, 0) is 4.79 Å². The number of carbonyl (C=O) groups is 1. The molecule has 0 aliphatic rings. The maximum Gasteiger partial charge on any atom is 0.244 e. The molecular formula is C15H13FN4OS. The van der Waals surface area contributed by atoms with Gasteiger partial charge in [-0.25, -0.2) is 9.37 Å². The van der Waals surface area contributed by atoms with Crippen molar-refractivity contribution in [3.8, 4) is 0 Å². The Morgan fingerprint density at radius 1 is 1.36 bits per heavy atom. The molecule has 0 aliphatic carbocycles. The Bertz CT molecular complexity index is 806. The Labute approximate surface area is 130 Å². The zero-order valence-electron chi connectivity index (χ0n) is 11.8. The maximum atomic E-state index is 13.7. The summed E-state index contributed by atoms with van der Waals surface area (Å²) in [6.45, 7) is 0.121. The summed E-state index contributed by atoms with van der Waals surface area (Å²) in [7, 11) is 1.75. The Balaban J connectivity index is 1.71. The summed E-state index contributed by atoms with van der Waals surface area (Å²) < 4.78 is 14.4. The number of nitrogens with zero attached hydrogens (tertiary/aromatic N) is 3. The lowest BCUT2D eigenvalue weighted by molar-refractivity contribution is -0.114. The zero-order chi connectivity index (χ0) is 15.5. The number of amides is 1. The molecule has 1 N–H and O–H groups in total. The maximum absolute atomic E-state index is 13.7. The molecule has 112 valence electrons. The zero-order valence-corrected chi connectivity index (χ0v) is 12.6. The average Bonchev–Trinajstić information content (AvgIpc) is 2.94. The quantitative estimate of drug-likeness (QED) is 0.804. The highest BCUT2D eigenvalue weighted by Crippen LogP contribution is 2.29. The van der Waals surface area contributed by atoms with Crippen LogP contribution in [0.1, 0.15) is 0 Å². The molecule has 0 radical (unpaired) electrons. The molecule has 3 aromatic rings. The fourth-order valence-electron chi connectivity index (χ4n) is 1.99. The first-order valence-corrected chi connectivity index (χ1v) is 7.41. The number of anilines is 2. The second-order valence-corrected chi connectivity index (χ2v) is 5.74. The first-order valence-electron chi connectivity index (χ1n) is 6.59. The molecule has 22 heavy (non-hydrogen) atoms.